The number of carbonyl (C=O) groups is 1. The molecule has 0 aliphatic carbocycles. The van der Waals surface area contributed by atoms with Crippen LogP contribution >= 0.6 is 11.8 Å². The summed E-state index contributed by atoms with van der Waals surface area (Å²) in [4.78, 5) is 12.0. The van der Waals surface area contributed by atoms with Gasteiger partial charge in [0.25, 0.3) is 5.91 Å². The van der Waals surface area contributed by atoms with E-state index < -0.39 is 21.9 Å². The molecule has 0 fully saturated rings. The Kier molecular flexibility index (Phi) is 5.81. The second-order valence-electron chi connectivity index (χ2n) is 8.36. The van der Waals surface area contributed by atoms with E-state index in [1.165, 1.54) is 16.8 Å². The first-order valence-corrected chi connectivity index (χ1v) is 11.2. The minimum Gasteiger partial charge on any atom is -0.330 e. The van der Waals surface area contributed by atoms with Gasteiger partial charge in [0, 0.05) is 12.6 Å². The molecule has 1 atom stereocenters. The van der Waals surface area contributed by atoms with Gasteiger partial charge in [-0.15, -0.1) is 0 Å². The van der Waals surface area contributed by atoms with E-state index in [1.54, 1.807) is 25.9 Å². The van der Waals surface area contributed by atoms with Gasteiger partial charge in [0.2, 0.25) is 0 Å². The Hall–Kier alpha value is -2.78. The highest BCUT2D eigenvalue weighted by Crippen LogP contribution is 2.52. The van der Waals surface area contributed by atoms with Gasteiger partial charge in [0.05, 0.1) is 0 Å². The van der Waals surface area contributed by atoms with E-state index in [0.717, 1.165) is 23.8 Å². The van der Waals surface area contributed by atoms with Crippen LogP contribution in [0.4, 0.5) is 8.78 Å². The number of nitrogens with zero attached hydrogens (tertiary/aromatic N) is 4. The summed E-state index contributed by atoms with van der Waals surface area (Å²) < 4.78 is 28.7. The van der Waals surface area contributed by atoms with Crippen molar-refractivity contribution in [3.05, 3.63) is 71.3 Å². The highest BCUT2D eigenvalue weighted by molar-refractivity contribution is 8.15. The third-order valence-electron chi connectivity index (χ3n) is 5.73. The number of hydrogen-bond donors (Lipinski definition) is 1. The van der Waals surface area contributed by atoms with Crippen LogP contribution in [0.2, 0.25) is 0 Å². The van der Waals surface area contributed by atoms with Crippen molar-refractivity contribution in [3.63, 3.8) is 0 Å². The molecule has 2 aromatic carbocycles. The molecule has 0 bridgehead atoms. The minimum atomic E-state index is -0.947. The standard InChI is InChI=1S/C23H25F2N5OS/c1-22(2)20(28-29(3)21(22)31)30-23(12-7-13-26,15-8-5-4-6-9-15)32-19(27-30)17-14-16(24)10-11-18(17)25/h4-6,8-11,14H,7,12-13,26H2,1-3H3. The number of thioether (sulfide) groups is 1. The van der Waals surface area contributed by atoms with Crippen molar-refractivity contribution in [2.45, 2.75) is 31.6 Å². The first-order chi connectivity index (χ1) is 15.2. The topological polar surface area (TPSA) is 74.3 Å². The number of carbonyl (C=O) groups excluding carboxylic acids is 1. The predicted octanol–water partition coefficient (Wildman–Crippen LogP) is 4.08. The van der Waals surface area contributed by atoms with Crippen LogP contribution in [-0.2, 0) is 9.67 Å². The lowest BCUT2D eigenvalue weighted by molar-refractivity contribution is -0.133. The fourth-order valence-corrected chi connectivity index (χ4v) is 5.45. The van der Waals surface area contributed by atoms with E-state index in [-0.39, 0.29) is 11.5 Å². The van der Waals surface area contributed by atoms with Crippen molar-refractivity contribution < 1.29 is 13.6 Å². The normalized spacial score (nSPS) is 22.4. The number of hydrogen-bond acceptors (Lipinski definition) is 6. The summed E-state index contributed by atoms with van der Waals surface area (Å²) in [5, 5.41) is 12.6. The molecule has 2 aliphatic heterocycles. The predicted molar refractivity (Wildman–Crippen MR) is 123 cm³/mol. The molecule has 2 aliphatic rings. The molecular formula is C23H25F2N5OS. The second-order valence-corrected chi connectivity index (χ2v) is 9.63. The fraction of sp³-hybridized carbons (Fsp3) is 0.348. The van der Waals surface area contributed by atoms with Gasteiger partial charge in [0.1, 0.15) is 27.0 Å². The Balaban J connectivity index is 1.93. The van der Waals surface area contributed by atoms with Crippen molar-refractivity contribution in [2.75, 3.05) is 13.6 Å². The molecule has 0 aromatic heterocycles. The smallest absolute Gasteiger partial charge is 0.255 e. The maximum atomic E-state index is 14.7. The van der Waals surface area contributed by atoms with Gasteiger partial charge in [-0.1, -0.05) is 42.1 Å². The first-order valence-electron chi connectivity index (χ1n) is 10.4. The highest BCUT2D eigenvalue weighted by Gasteiger charge is 2.54. The summed E-state index contributed by atoms with van der Waals surface area (Å²) in [5.74, 6) is -0.839. The molecule has 2 heterocycles. The zero-order valence-electron chi connectivity index (χ0n) is 18.2. The Morgan fingerprint density at radius 2 is 1.81 bits per heavy atom. The molecule has 4 rings (SSSR count). The lowest BCUT2D eigenvalue weighted by atomic mass is 9.89. The second kappa shape index (κ2) is 8.29. The van der Waals surface area contributed by atoms with Crippen molar-refractivity contribution in [2.24, 2.45) is 21.4 Å². The zero-order chi connectivity index (χ0) is 23.1. The third-order valence-corrected chi connectivity index (χ3v) is 7.18. The van der Waals surface area contributed by atoms with Crippen molar-refractivity contribution in [1.82, 2.24) is 10.0 Å². The number of rotatable bonds is 5. The van der Waals surface area contributed by atoms with Crippen LogP contribution < -0.4 is 5.73 Å². The molecule has 1 unspecified atom stereocenters. The summed E-state index contributed by atoms with van der Waals surface area (Å²) in [6, 6.07) is 13.0. The van der Waals surface area contributed by atoms with Gasteiger partial charge in [-0.3, -0.25) is 4.79 Å². The summed E-state index contributed by atoms with van der Waals surface area (Å²) in [6.07, 6.45) is 1.22. The van der Waals surface area contributed by atoms with Gasteiger partial charge in [-0.2, -0.15) is 10.2 Å². The van der Waals surface area contributed by atoms with Gasteiger partial charge in [-0.25, -0.2) is 18.8 Å². The quantitative estimate of drug-likeness (QED) is 0.734. The molecule has 6 nitrogen and oxygen atoms in total. The number of amides is 1. The number of hydrazone groups is 2. The number of halogens is 2. The minimum absolute atomic E-state index is 0.0710. The van der Waals surface area contributed by atoms with Crippen LogP contribution in [0.3, 0.4) is 0 Å². The monoisotopic (exact) mass is 457 g/mol. The van der Waals surface area contributed by atoms with Gasteiger partial charge >= 0.3 is 0 Å². The molecule has 2 N–H and O–H groups in total. The van der Waals surface area contributed by atoms with Crippen molar-refractivity contribution in [3.8, 4) is 0 Å². The van der Waals surface area contributed by atoms with Gasteiger partial charge in [0.15, 0.2) is 5.84 Å². The lowest BCUT2D eigenvalue weighted by Gasteiger charge is -2.39. The molecule has 0 saturated carbocycles. The van der Waals surface area contributed by atoms with Crippen molar-refractivity contribution >= 4 is 28.5 Å². The molecule has 32 heavy (non-hydrogen) atoms. The number of benzene rings is 2. The van der Waals surface area contributed by atoms with E-state index in [4.69, 9.17) is 10.8 Å². The molecule has 0 saturated heterocycles. The Morgan fingerprint density at radius 3 is 2.44 bits per heavy atom. The van der Waals surface area contributed by atoms with Gasteiger partial charge < -0.3 is 5.73 Å². The van der Waals surface area contributed by atoms with Crippen LogP contribution in [0.25, 0.3) is 0 Å². The first kappa shape index (κ1) is 22.4. The summed E-state index contributed by atoms with van der Waals surface area (Å²) in [7, 11) is 1.60. The Morgan fingerprint density at radius 1 is 1.09 bits per heavy atom. The molecule has 2 aromatic rings. The summed E-state index contributed by atoms with van der Waals surface area (Å²) >= 11 is 1.33. The lowest BCUT2D eigenvalue weighted by Crippen LogP contribution is -2.48. The maximum absolute atomic E-state index is 14.7. The van der Waals surface area contributed by atoms with Crippen LogP contribution in [-0.4, -0.2) is 40.4 Å². The Labute approximate surface area is 190 Å². The van der Waals surface area contributed by atoms with E-state index in [2.05, 4.69) is 5.10 Å². The van der Waals surface area contributed by atoms with Crippen LogP contribution in [0, 0.1) is 17.0 Å². The molecule has 0 spiro atoms. The van der Waals surface area contributed by atoms with E-state index in [1.807, 2.05) is 30.3 Å². The molecule has 168 valence electrons. The van der Waals surface area contributed by atoms with E-state index in [0.29, 0.717) is 30.3 Å². The zero-order valence-corrected chi connectivity index (χ0v) is 19.0. The van der Waals surface area contributed by atoms with Gasteiger partial charge in [-0.05, 0) is 57.0 Å². The number of amidine groups is 1. The Bertz CT molecular complexity index is 1100. The maximum Gasteiger partial charge on any atom is 0.255 e. The summed E-state index contributed by atoms with van der Waals surface area (Å²) in [5.41, 5.74) is 5.90. The van der Waals surface area contributed by atoms with E-state index in [9.17, 15) is 13.6 Å². The molecule has 0 radical (unpaired) electrons. The van der Waals surface area contributed by atoms with E-state index >= 15 is 0 Å². The fourth-order valence-electron chi connectivity index (χ4n) is 4.03. The average Bonchev–Trinajstić information content (AvgIpc) is 3.25. The van der Waals surface area contributed by atoms with Crippen LogP contribution in [0.5, 0.6) is 0 Å². The highest BCUT2D eigenvalue weighted by atomic mass is 32.2. The van der Waals surface area contributed by atoms with Crippen LogP contribution in [0.15, 0.2) is 58.7 Å². The average molecular weight is 458 g/mol. The number of nitrogens with two attached hydrogens (primary N) is 1. The third kappa shape index (κ3) is 3.59. The SMILES string of the molecule is CN1N=C(N2N=C(c3cc(F)ccc3F)SC2(CCCN)c2ccccc2)C(C)(C)C1=O. The molecule has 1 amide bonds. The van der Waals surface area contributed by atoms with Crippen molar-refractivity contribution in [1.29, 1.82) is 0 Å². The molecular weight excluding hydrogens is 432 g/mol. The van der Waals surface area contributed by atoms with Crippen LogP contribution in [0.1, 0.15) is 37.8 Å². The largest absolute Gasteiger partial charge is 0.330 e. The summed E-state index contributed by atoms with van der Waals surface area (Å²) in [6.45, 7) is 4.02. The molecule has 9 heteroatoms.